The Labute approximate surface area is 107 Å². The van der Waals surface area contributed by atoms with E-state index in [-0.39, 0.29) is 5.25 Å². The summed E-state index contributed by atoms with van der Waals surface area (Å²) in [6.45, 7) is 6.11. The molecule has 0 saturated heterocycles. The summed E-state index contributed by atoms with van der Waals surface area (Å²) in [6.07, 6.45) is 4.33. The Balaban J connectivity index is 2.54. The van der Waals surface area contributed by atoms with Crippen LogP contribution in [0, 0.1) is 0 Å². The lowest BCUT2D eigenvalue weighted by molar-refractivity contribution is 0.314. The second kappa shape index (κ2) is 7.12. The fraction of sp³-hybridized carbons (Fsp3) is 0.818. The van der Waals surface area contributed by atoms with Gasteiger partial charge in [-0.2, -0.15) is 0 Å². The van der Waals surface area contributed by atoms with Crippen LogP contribution in [0.15, 0.2) is 5.16 Å². The van der Waals surface area contributed by atoms with E-state index in [4.69, 9.17) is 17.4 Å². The van der Waals surface area contributed by atoms with Crippen LogP contribution in [0.4, 0.5) is 0 Å². The smallest absolute Gasteiger partial charge is 0.136 e. The Kier molecular flexibility index (Phi) is 6.13. The van der Waals surface area contributed by atoms with Crippen LogP contribution in [-0.4, -0.2) is 38.5 Å². The van der Waals surface area contributed by atoms with E-state index in [9.17, 15) is 0 Å². The lowest BCUT2D eigenvalue weighted by Crippen LogP contribution is -2.31. The molecule has 1 aliphatic carbocycles. The van der Waals surface area contributed by atoms with Crippen LogP contribution in [0.3, 0.4) is 0 Å². The first-order valence-corrected chi connectivity index (χ1v) is 7.18. The molecule has 5 heteroatoms. The van der Waals surface area contributed by atoms with Crippen molar-refractivity contribution in [3.05, 3.63) is 0 Å². The van der Waals surface area contributed by atoms with Gasteiger partial charge in [-0.15, -0.1) is 0 Å². The van der Waals surface area contributed by atoms with Crippen molar-refractivity contribution in [1.82, 2.24) is 4.90 Å². The summed E-state index contributed by atoms with van der Waals surface area (Å²) in [5.74, 6) is 0. The van der Waals surface area contributed by atoms with E-state index >= 15 is 0 Å². The van der Waals surface area contributed by atoms with Crippen molar-refractivity contribution >= 4 is 34.0 Å². The topological polar surface area (TPSA) is 35.8 Å². The SMILES string of the molecule is CCN(CC)C(=S)SC1CCCCC1=NO. The normalized spacial score (nSPS) is 23.4. The predicted octanol–water partition coefficient (Wildman–Crippen LogP) is 3.12. The quantitative estimate of drug-likeness (QED) is 0.480. The lowest BCUT2D eigenvalue weighted by Gasteiger charge is -2.27. The van der Waals surface area contributed by atoms with E-state index in [0.29, 0.717) is 0 Å². The highest BCUT2D eigenvalue weighted by Crippen LogP contribution is 2.28. The first kappa shape index (κ1) is 13.8. The van der Waals surface area contributed by atoms with E-state index in [1.54, 1.807) is 11.8 Å². The second-order valence-electron chi connectivity index (χ2n) is 3.88. The van der Waals surface area contributed by atoms with Gasteiger partial charge in [-0.05, 0) is 33.1 Å². The van der Waals surface area contributed by atoms with Crippen molar-refractivity contribution in [2.24, 2.45) is 5.16 Å². The molecule has 1 N–H and O–H groups in total. The highest BCUT2D eigenvalue weighted by Gasteiger charge is 2.24. The number of hydrogen-bond donors (Lipinski definition) is 1. The van der Waals surface area contributed by atoms with Gasteiger partial charge in [0.25, 0.3) is 0 Å². The molecule has 1 unspecified atom stereocenters. The van der Waals surface area contributed by atoms with E-state index in [1.807, 2.05) is 0 Å². The fourth-order valence-electron chi connectivity index (χ4n) is 1.88. The highest BCUT2D eigenvalue weighted by atomic mass is 32.2. The molecule has 0 aromatic heterocycles. The van der Waals surface area contributed by atoms with Gasteiger partial charge in [0.15, 0.2) is 0 Å². The van der Waals surface area contributed by atoms with E-state index in [0.717, 1.165) is 42.4 Å². The average Bonchev–Trinajstić information content (AvgIpc) is 2.31. The van der Waals surface area contributed by atoms with Gasteiger partial charge in [-0.25, -0.2) is 0 Å². The highest BCUT2D eigenvalue weighted by molar-refractivity contribution is 8.23. The number of rotatable bonds is 3. The van der Waals surface area contributed by atoms with E-state index < -0.39 is 0 Å². The summed E-state index contributed by atoms with van der Waals surface area (Å²) in [7, 11) is 0. The second-order valence-corrected chi connectivity index (χ2v) is 5.72. The van der Waals surface area contributed by atoms with Gasteiger partial charge in [-0.1, -0.05) is 35.6 Å². The van der Waals surface area contributed by atoms with E-state index in [1.165, 1.54) is 6.42 Å². The Bertz CT molecular complexity index is 265. The summed E-state index contributed by atoms with van der Waals surface area (Å²) in [4.78, 5) is 2.17. The summed E-state index contributed by atoms with van der Waals surface area (Å²) in [6, 6.07) is 0. The number of thioether (sulfide) groups is 1. The van der Waals surface area contributed by atoms with Gasteiger partial charge in [0.05, 0.1) is 11.0 Å². The maximum Gasteiger partial charge on any atom is 0.136 e. The summed E-state index contributed by atoms with van der Waals surface area (Å²) in [5, 5.41) is 12.6. The summed E-state index contributed by atoms with van der Waals surface area (Å²) in [5.41, 5.74) is 0.908. The third kappa shape index (κ3) is 3.63. The third-order valence-electron chi connectivity index (χ3n) is 2.91. The Morgan fingerprint density at radius 1 is 1.50 bits per heavy atom. The first-order valence-electron chi connectivity index (χ1n) is 5.89. The van der Waals surface area contributed by atoms with Crippen LogP contribution in [0.5, 0.6) is 0 Å². The zero-order valence-electron chi connectivity index (χ0n) is 9.98. The zero-order chi connectivity index (χ0) is 12.0. The van der Waals surface area contributed by atoms with Crippen molar-refractivity contribution < 1.29 is 5.21 Å². The predicted molar refractivity (Wildman–Crippen MR) is 74.6 cm³/mol. The van der Waals surface area contributed by atoms with Gasteiger partial charge in [0.2, 0.25) is 0 Å². The molecule has 1 aliphatic rings. The van der Waals surface area contributed by atoms with Crippen LogP contribution in [0.2, 0.25) is 0 Å². The standard InChI is InChI=1S/C11H20N2OS2/c1-3-13(4-2)11(15)16-10-8-6-5-7-9(10)12-14/h10,14H,3-8H2,1-2H3. The number of thiocarbonyl (C=S) groups is 1. The minimum atomic E-state index is 0.284. The van der Waals surface area contributed by atoms with Crippen molar-refractivity contribution in [3.8, 4) is 0 Å². The third-order valence-corrected chi connectivity index (χ3v) is 4.71. The minimum Gasteiger partial charge on any atom is -0.411 e. The molecule has 0 aromatic carbocycles. The molecular weight excluding hydrogens is 240 g/mol. The lowest BCUT2D eigenvalue weighted by atomic mass is 9.98. The molecule has 1 atom stereocenters. The van der Waals surface area contributed by atoms with Crippen molar-refractivity contribution in [1.29, 1.82) is 0 Å². The van der Waals surface area contributed by atoms with Crippen LogP contribution in [0.25, 0.3) is 0 Å². The minimum absolute atomic E-state index is 0.284. The van der Waals surface area contributed by atoms with Crippen molar-refractivity contribution in [3.63, 3.8) is 0 Å². The molecule has 0 aromatic rings. The number of oxime groups is 1. The Morgan fingerprint density at radius 3 is 2.75 bits per heavy atom. The zero-order valence-corrected chi connectivity index (χ0v) is 11.6. The summed E-state index contributed by atoms with van der Waals surface area (Å²) >= 11 is 7.08. The molecule has 0 heterocycles. The molecule has 1 fully saturated rings. The molecule has 1 saturated carbocycles. The van der Waals surface area contributed by atoms with E-state index in [2.05, 4.69) is 23.9 Å². The largest absolute Gasteiger partial charge is 0.411 e. The van der Waals surface area contributed by atoms with Gasteiger partial charge in [0.1, 0.15) is 4.32 Å². The van der Waals surface area contributed by atoms with Crippen LogP contribution in [0.1, 0.15) is 39.5 Å². The maximum absolute atomic E-state index is 8.95. The fourth-order valence-corrected chi connectivity index (χ4v) is 3.73. The van der Waals surface area contributed by atoms with Crippen LogP contribution in [-0.2, 0) is 0 Å². The van der Waals surface area contributed by atoms with Crippen molar-refractivity contribution in [2.45, 2.75) is 44.8 Å². The van der Waals surface area contributed by atoms with Gasteiger partial charge >= 0.3 is 0 Å². The number of nitrogens with zero attached hydrogens (tertiary/aromatic N) is 2. The Morgan fingerprint density at radius 2 is 2.19 bits per heavy atom. The molecule has 0 aliphatic heterocycles. The van der Waals surface area contributed by atoms with Crippen molar-refractivity contribution in [2.75, 3.05) is 13.1 Å². The molecule has 92 valence electrons. The number of hydrogen-bond acceptors (Lipinski definition) is 4. The van der Waals surface area contributed by atoms with Crippen LogP contribution < -0.4 is 0 Å². The van der Waals surface area contributed by atoms with Gasteiger partial charge < -0.3 is 10.1 Å². The van der Waals surface area contributed by atoms with Gasteiger partial charge in [0, 0.05) is 13.1 Å². The molecule has 3 nitrogen and oxygen atoms in total. The Hall–Kier alpha value is -0.290. The monoisotopic (exact) mass is 260 g/mol. The molecule has 0 bridgehead atoms. The first-order chi connectivity index (χ1) is 7.72. The maximum atomic E-state index is 8.95. The molecule has 1 rings (SSSR count). The molecule has 16 heavy (non-hydrogen) atoms. The molecule has 0 spiro atoms. The molecule has 0 radical (unpaired) electrons. The molecular formula is C11H20N2OS2. The summed E-state index contributed by atoms with van der Waals surface area (Å²) < 4.78 is 0.929. The van der Waals surface area contributed by atoms with Gasteiger partial charge in [-0.3, -0.25) is 0 Å². The van der Waals surface area contributed by atoms with Crippen LogP contribution >= 0.6 is 24.0 Å². The molecule has 0 amide bonds. The average molecular weight is 260 g/mol.